The Morgan fingerprint density at radius 1 is 1.03 bits per heavy atom. The summed E-state index contributed by atoms with van der Waals surface area (Å²) in [4.78, 5) is 32.2. The van der Waals surface area contributed by atoms with Gasteiger partial charge in [0.15, 0.2) is 5.78 Å². The van der Waals surface area contributed by atoms with E-state index in [2.05, 4.69) is 21.8 Å². The van der Waals surface area contributed by atoms with Crippen LogP contribution >= 0.6 is 0 Å². The largest absolute Gasteiger partial charge is 0.478 e. The second-order valence-corrected chi connectivity index (χ2v) is 7.12. The van der Waals surface area contributed by atoms with E-state index in [0.717, 1.165) is 55.5 Å². The van der Waals surface area contributed by atoms with E-state index < -0.39 is 5.97 Å². The average Bonchev–Trinajstić information content (AvgIpc) is 2.73. The zero-order chi connectivity index (χ0) is 20.6. The highest BCUT2D eigenvalue weighted by molar-refractivity contribution is 6.07. The standard InChI is InChI=1S/C23H25N3O3/c1-25-12-14-26(15-13-25)17-19-4-2-3-5-21(19)22(27)10-7-18-6-8-20(24-16-18)9-11-23(28)29/h2-11,16H,12-15,17H2,1H3,(H,28,29). The van der Waals surface area contributed by atoms with Crippen LogP contribution in [0.15, 0.2) is 54.7 Å². The zero-order valence-electron chi connectivity index (χ0n) is 16.5. The first-order valence-electron chi connectivity index (χ1n) is 9.59. The first-order valence-corrected chi connectivity index (χ1v) is 9.59. The summed E-state index contributed by atoms with van der Waals surface area (Å²) in [6, 6.07) is 11.3. The molecule has 1 aromatic carbocycles. The second-order valence-electron chi connectivity index (χ2n) is 7.12. The van der Waals surface area contributed by atoms with Crippen molar-refractivity contribution >= 4 is 23.9 Å². The minimum Gasteiger partial charge on any atom is -0.478 e. The fourth-order valence-corrected chi connectivity index (χ4v) is 3.18. The number of carbonyl (C=O) groups excluding carboxylic acids is 1. The fraction of sp³-hybridized carbons (Fsp3) is 0.261. The van der Waals surface area contributed by atoms with Crippen molar-refractivity contribution in [1.82, 2.24) is 14.8 Å². The van der Waals surface area contributed by atoms with Crippen LogP contribution in [-0.2, 0) is 11.3 Å². The van der Waals surface area contributed by atoms with Crippen molar-refractivity contribution in [2.75, 3.05) is 33.2 Å². The topological polar surface area (TPSA) is 73.7 Å². The number of nitrogens with zero attached hydrogens (tertiary/aromatic N) is 3. The molecule has 2 aromatic rings. The number of piperazine rings is 1. The van der Waals surface area contributed by atoms with Crippen molar-refractivity contribution in [3.8, 4) is 0 Å². The maximum atomic E-state index is 12.8. The van der Waals surface area contributed by atoms with Gasteiger partial charge in [0, 0.05) is 50.6 Å². The van der Waals surface area contributed by atoms with E-state index in [9.17, 15) is 9.59 Å². The molecule has 150 valence electrons. The lowest BCUT2D eigenvalue weighted by Gasteiger charge is -2.32. The minimum atomic E-state index is -1.02. The van der Waals surface area contributed by atoms with Gasteiger partial charge in [-0.05, 0) is 42.5 Å². The highest BCUT2D eigenvalue weighted by Crippen LogP contribution is 2.15. The van der Waals surface area contributed by atoms with Crippen LogP contribution in [0, 0.1) is 0 Å². The van der Waals surface area contributed by atoms with E-state index in [1.165, 1.54) is 6.08 Å². The maximum Gasteiger partial charge on any atom is 0.328 e. The molecule has 0 bridgehead atoms. The van der Waals surface area contributed by atoms with Gasteiger partial charge in [-0.15, -0.1) is 0 Å². The molecule has 0 saturated carbocycles. The SMILES string of the molecule is CN1CCN(Cc2ccccc2C(=O)C=Cc2ccc(C=CC(=O)O)nc2)CC1. The van der Waals surface area contributed by atoms with Gasteiger partial charge in [0.1, 0.15) is 0 Å². The lowest BCUT2D eigenvalue weighted by molar-refractivity contribution is -0.131. The van der Waals surface area contributed by atoms with Gasteiger partial charge in [-0.3, -0.25) is 14.7 Å². The molecule has 0 amide bonds. The van der Waals surface area contributed by atoms with Gasteiger partial charge in [0.2, 0.25) is 0 Å². The van der Waals surface area contributed by atoms with E-state index in [1.54, 1.807) is 30.5 Å². The molecule has 6 heteroatoms. The highest BCUT2D eigenvalue weighted by Gasteiger charge is 2.16. The monoisotopic (exact) mass is 391 g/mol. The smallest absolute Gasteiger partial charge is 0.328 e. The van der Waals surface area contributed by atoms with Crippen LogP contribution in [-0.4, -0.2) is 64.9 Å². The number of allylic oxidation sites excluding steroid dienone is 1. The van der Waals surface area contributed by atoms with Crippen molar-refractivity contribution in [2.24, 2.45) is 0 Å². The third-order valence-electron chi connectivity index (χ3n) is 4.91. The molecule has 2 heterocycles. The zero-order valence-corrected chi connectivity index (χ0v) is 16.5. The normalized spacial score (nSPS) is 15.9. The van der Waals surface area contributed by atoms with Gasteiger partial charge in [-0.2, -0.15) is 0 Å². The summed E-state index contributed by atoms with van der Waals surface area (Å²) < 4.78 is 0. The number of rotatable bonds is 7. The first kappa shape index (κ1) is 20.6. The molecule has 1 aromatic heterocycles. The molecule has 1 aliphatic rings. The Morgan fingerprint density at radius 2 is 1.79 bits per heavy atom. The summed E-state index contributed by atoms with van der Waals surface area (Å²) in [5.74, 6) is -1.05. The summed E-state index contributed by atoms with van der Waals surface area (Å²) in [7, 11) is 2.13. The predicted octanol–water partition coefficient (Wildman–Crippen LogP) is 2.82. The molecule has 1 fully saturated rings. The first-order chi connectivity index (χ1) is 14.0. The molecule has 29 heavy (non-hydrogen) atoms. The van der Waals surface area contributed by atoms with Crippen molar-refractivity contribution in [2.45, 2.75) is 6.54 Å². The van der Waals surface area contributed by atoms with Crippen LogP contribution in [0.5, 0.6) is 0 Å². The predicted molar refractivity (Wildman–Crippen MR) is 113 cm³/mol. The number of carboxylic acid groups (broad SMARTS) is 1. The molecule has 0 radical (unpaired) electrons. The van der Waals surface area contributed by atoms with Crippen molar-refractivity contribution in [3.05, 3.63) is 77.1 Å². The van der Waals surface area contributed by atoms with E-state index in [1.807, 2.05) is 24.3 Å². The van der Waals surface area contributed by atoms with Crippen LogP contribution in [0.25, 0.3) is 12.2 Å². The number of aromatic nitrogens is 1. The Kier molecular flexibility index (Phi) is 7.05. The lowest BCUT2D eigenvalue weighted by atomic mass is 10.0. The van der Waals surface area contributed by atoms with Gasteiger partial charge in [0.25, 0.3) is 0 Å². The van der Waals surface area contributed by atoms with Crippen LogP contribution in [0.1, 0.15) is 27.2 Å². The van der Waals surface area contributed by atoms with Crippen molar-refractivity contribution in [1.29, 1.82) is 0 Å². The maximum absolute atomic E-state index is 12.8. The molecule has 1 saturated heterocycles. The van der Waals surface area contributed by atoms with E-state index in [-0.39, 0.29) is 5.78 Å². The third-order valence-corrected chi connectivity index (χ3v) is 4.91. The van der Waals surface area contributed by atoms with Gasteiger partial charge in [0.05, 0.1) is 5.69 Å². The number of ketones is 1. The van der Waals surface area contributed by atoms with Crippen LogP contribution < -0.4 is 0 Å². The number of likely N-dealkylation sites (N-methyl/N-ethyl adjacent to an activating group) is 1. The summed E-state index contributed by atoms with van der Waals surface area (Å²) >= 11 is 0. The second kappa shape index (κ2) is 9.91. The van der Waals surface area contributed by atoms with Crippen molar-refractivity contribution in [3.63, 3.8) is 0 Å². The van der Waals surface area contributed by atoms with E-state index in [0.29, 0.717) is 5.69 Å². The molecule has 1 aliphatic heterocycles. The molecule has 0 aliphatic carbocycles. The van der Waals surface area contributed by atoms with Crippen molar-refractivity contribution < 1.29 is 14.7 Å². The van der Waals surface area contributed by atoms with Gasteiger partial charge in [-0.1, -0.05) is 30.3 Å². The van der Waals surface area contributed by atoms with Gasteiger partial charge in [-0.25, -0.2) is 4.79 Å². The fourth-order valence-electron chi connectivity index (χ4n) is 3.18. The number of carbonyl (C=O) groups is 2. The molecular weight excluding hydrogens is 366 g/mol. The van der Waals surface area contributed by atoms with Gasteiger partial charge < -0.3 is 10.0 Å². The summed E-state index contributed by atoms with van der Waals surface area (Å²) in [5, 5.41) is 8.65. The molecule has 3 rings (SSSR count). The number of pyridine rings is 1. The minimum absolute atomic E-state index is 0.0374. The summed E-state index contributed by atoms with van der Waals surface area (Å²) in [5.41, 5.74) is 3.09. The number of benzene rings is 1. The Labute approximate surface area is 170 Å². The van der Waals surface area contributed by atoms with Crippen LogP contribution in [0.4, 0.5) is 0 Å². The number of hydrogen-bond donors (Lipinski definition) is 1. The highest BCUT2D eigenvalue weighted by atomic mass is 16.4. The molecule has 1 N–H and O–H groups in total. The number of carboxylic acids is 1. The van der Waals surface area contributed by atoms with E-state index >= 15 is 0 Å². The van der Waals surface area contributed by atoms with Crippen LogP contribution in [0.2, 0.25) is 0 Å². The third kappa shape index (κ3) is 6.20. The Hall–Kier alpha value is -3.09. The Balaban J connectivity index is 1.66. The van der Waals surface area contributed by atoms with Crippen LogP contribution in [0.3, 0.4) is 0 Å². The Bertz CT molecular complexity index is 911. The molecule has 0 spiro atoms. The Morgan fingerprint density at radius 3 is 2.48 bits per heavy atom. The number of aliphatic carboxylic acids is 1. The molecule has 6 nitrogen and oxygen atoms in total. The summed E-state index contributed by atoms with van der Waals surface area (Å²) in [6.07, 6.45) is 7.37. The summed E-state index contributed by atoms with van der Waals surface area (Å²) in [6.45, 7) is 4.86. The van der Waals surface area contributed by atoms with Gasteiger partial charge >= 0.3 is 5.97 Å². The molecule has 0 unspecified atom stereocenters. The molecular formula is C23H25N3O3. The quantitative estimate of drug-likeness (QED) is 0.578. The van der Waals surface area contributed by atoms with E-state index in [4.69, 9.17) is 5.11 Å². The lowest BCUT2D eigenvalue weighted by Crippen LogP contribution is -2.44. The number of hydrogen-bond acceptors (Lipinski definition) is 5. The average molecular weight is 391 g/mol. The molecule has 0 atom stereocenters.